The van der Waals surface area contributed by atoms with Crippen LogP contribution in [-0.2, 0) is 17.9 Å². The van der Waals surface area contributed by atoms with Gasteiger partial charge in [0.2, 0.25) is 0 Å². The third kappa shape index (κ3) is 4.84. The molecular formula is C12H11F17O4S2. The van der Waals surface area contributed by atoms with Crippen LogP contribution in [-0.4, -0.2) is 74.5 Å². The minimum atomic E-state index is -8.89. The Hall–Kier alpha value is -0.970. The van der Waals surface area contributed by atoms with Crippen LogP contribution in [0.15, 0.2) is 0 Å². The molecule has 0 heterocycles. The molecule has 0 aromatic heterocycles. The van der Waals surface area contributed by atoms with E-state index < -0.39 is 74.3 Å². The SMILES string of the molecule is CCOS(C)(C)OS(=O)(=O)C(F)(F)C(F)(F)C(F)(F)C(F)(F)C(F)(F)C(F)(F)C(F)(F)C(F)(F)F. The number of alkyl halides is 17. The monoisotopic (exact) mass is 606 g/mol. The summed E-state index contributed by atoms with van der Waals surface area (Å²) in [7, 11) is -11.5. The summed E-state index contributed by atoms with van der Waals surface area (Å²) in [5.41, 5.74) is 0. The number of hydrogen-bond donors (Lipinski definition) is 0. The van der Waals surface area contributed by atoms with Crippen molar-refractivity contribution < 1.29 is 90.9 Å². The first kappa shape index (κ1) is 34.0. The first-order valence-electron chi connectivity index (χ1n) is 7.81. The predicted molar refractivity (Wildman–Crippen MR) is 81.8 cm³/mol. The summed E-state index contributed by atoms with van der Waals surface area (Å²) in [5.74, 6) is -51.9. The van der Waals surface area contributed by atoms with Crippen molar-refractivity contribution in [2.75, 3.05) is 19.1 Å². The van der Waals surface area contributed by atoms with E-state index in [-0.39, 0.29) is 0 Å². The fourth-order valence-corrected chi connectivity index (χ4v) is 5.10. The Bertz CT molecular complexity index is 878. The van der Waals surface area contributed by atoms with Gasteiger partial charge in [-0.3, -0.25) is 4.18 Å². The molecule has 0 saturated heterocycles. The Morgan fingerprint density at radius 3 is 1.11 bits per heavy atom. The largest absolute Gasteiger partial charge is 0.460 e. The highest BCUT2D eigenvalue weighted by Crippen LogP contribution is 2.65. The number of hydrogen-bond acceptors (Lipinski definition) is 4. The highest BCUT2D eigenvalue weighted by molar-refractivity contribution is 8.28. The van der Waals surface area contributed by atoms with Gasteiger partial charge in [-0.1, -0.05) is 0 Å². The normalized spacial score (nSPS) is 17.0. The first-order chi connectivity index (χ1) is 14.8. The third-order valence-corrected chi connectivity index (χ3v) is 7.38. The van der Waals surface area contributed by atoms with Gasteiger partial charge in [0.05, 0.1) is 6.61 Å². The lowest BCUT2D eigenvalue weighted by molar-refractivity contribution is -0.458. The molecule has 0 aliphatic carbocycles. The van der Waals surface area contributed by atoms with E-state index in [1.807, 2.05) is 0 Å². The molecule has 0 aromatic rings. The van der Waals surface area contributed by atoms with Crippen LogP contribution in [0.4, 0.5) is 74.6 Å². The van der Waals surface area contributed by atoms with Gasteiger partial charge in [-0.15, -0.1) is 0 Å². The molecule has 0 unspecified atom stereocenters. The van der Waals surface area contributed by atoms with E-state index >= 15 is 0 Å². The molecule has 0 saturated carbocycles. The van der Waals surface area contributed by atoms with Gasteiger partial charge in [-0.05, 0) is 6.92 Å². The van der Waals surface area contributed by atoms with E-state index in [0.717, 1.165) is 6.92 Å². The van der Waals surface area contributed by atoms with E-state index in [1.165, 1.54) is 0 Å². The molecule has 0 aliphatic rings. The summed E-state index contributed by atoms with van der Waals surface area (Å²) in [6.07, 6.45) is -7.05. The summed E-state index contributed by atoms with van der Waals surface area (Å²) in [4.78, 5) is 0. The fourth-order valence-electron chi connectivity index (χ4n) is 1.87. The minimum absolute atomic E-state index is 0.420. The molecule has 0 amide bonds. The fraction of sp³-hybridized carbons (Fsp3) is 1.00. The molecule has 0 N–H and O–H groups in total. The summed E-state index contributed by atoms with van der Waals surface area (Å²) < 4.78 is 254. The summed E-state index contributed by atoms with van der Waals surface area (Å²) in [6, 6.07) is 0. The van der Waals surface area contributed by atoms with Gasteiger partial charge >= 0.3 is 57.1 Å². The predicted octanol–water partition coefficient (Wildman–Crippen LogP) is 6.23. The molecular weight excluding hydrogens is 595 g/mol. The second kappa shape index (κ2) is 8.81. The molecule has 0 spiro atoms. The second-order valence-corrected chi connectivity index (χ2v) is 11.0. The zero-order valence-corrected chi connectivity index (χ0v) is 18.2. The van der Waals surface area contributed by atoms with Crippen molar-refractivity contribution in [2.24, 2.45) is 0 Å². The molecule has 4 nitrogen and oxygen atoms in total. The lowest BCUT2D eigenvalue weighted by atomic mass is 9.91. The van der Waals surface area contributed by atoms with Crippen molar-refractivity contribution in [3.05, 3.63) is 0 Å². The van der Waals surface area contributed by atoms with Crippen LogP contribution in [0, 0.1) is 0 Å². The van der Waals surface area contributed by atoms with E-state index in [9.17, 15) is 83.1 Å². The smallest absolute Gasteiger partial charge is 0.284 e. The molecule has 0 bridgehead atoms. The van der Waals surface area contributed by atoms with Gasteiger partial charge in [-0.2, -0.15) is 97.3 Å². The van der Waals surface area contributed by atoms with Crippen LogP contribution in [0.25, 0.3) is 0 Å². The quantitative estimate of drug-likeness (QED) is 0.262. The van der Waals surface area contributed by atoms with Crippen LogP contribution in [0.1, 0.15) is 6.92 Å². The minimum Gasteiger partial charge on any atom is -0.284 e. The molecule has 35 heavy (non-hydrogen) atoms. The molecule has 0 aliphatic heterocycles. The lowest BCUT2D eigenvalue weighted by Crippen LogP contribution is -2.75. The highest BCUT2D eigenvalue weighted by atomic mass is 32.3. The molecule has 0 radical (unpaired) electrons. The molecule has 0 atom stereocenters. The molecule has 0 fully saturated rings. The van der Waals surface area contributed by atoms with Crippen LogP contribution in [0.2, 0.25) is 0 Å². The van der Waals surface area contributed by atoms with Crippen molar-refractivity contribution in [1.82, 2.24) is 0 Å². The summed E-state index contributed by atoms with van der Waals surface area (Å²) in [6.45, 7) is 0.369. The van der Waals surface area contributed by atoms with Crippen LogP contribution >= 0.6 is 10.6 Å². The Balaban J connectivity index is 6.91. The van der Waals surface area contributed by atoms with Crippen molar-refractivity contribution in [3.8, 4) is 0 Å². The zero-order valence-electron chi connectivity index (χ0n) is 16.6. The van der Waals surface area contributed by atoms with Crippen molar-refractivity contribution in [2.45, 2.75) is 53.9 Å². The van der Waals surface area contributed by atoms with Gasteiger partial charge < -0.3 is 0 Å². The molecule has 214 valence electrons. The summed E-state index contributed by atoms with van der Waals surface area (Å²) in [5, 5.41) is -7.72. The van der Waals surface area contributed by atoms with Crippen molar-refractivity contribution in [1.29, 1.82) is 0 Å². The highest BCUT2D eigenvalue weighted by Gasteiger charge is 2.96. The maximum Gasteiger partial charge on any atom is 0.460 e. The first-order valence-corrected chi connectivity index (χ1v) is 11.5. The number of halogens is 17. The topological polar surface area (TPSA) is 52.6 Å². The van der Waals surface area contributed by atoms with Crippen LogP contribution in [0.5, 0.6) is 0 Å². The van der Waals surface area contributed by atoms with Crippen LogP contribution < -0.4 is 0 Å². The van der Waals surface area contributed by atoms with Gasteiger partial charge in [0.15, 0.2) is 0 Å². The van der Waals surface area contributed by atoms with E-state index in [4.69, 9.17) is 0 Å². The van der Waals surface area contributed by atoms with Gasteiger partial charge in [0.1, 0.15) is 0 Å². The van der Waals surface area contributed by atoms with E-state index in [1.54, 1.807) is 0 Å². The van der Waals surface area contributed by atoms with Crippen molar-refractivity contribution >= 4 is 20.7 Å². The van der Waals surface area contributed by atoms with Crippen LogP contribution in [0.3, 0.4) is 0 Å². The Morgan fingerprint density at radius 1 is 0.543 bits per heavy atom. The third-order valence-electron chi connectivity index (χ3n) is 3.66. The van der Waals surface area contributed by atoms with Gasteiger partial charge in [0.25, 0.3) is 0 Å². The standard InChI is InChI=1S/C12H11F17O4S2/c1-4-32-34(2,3)33-35(30,31)12(28,29)10(23,24)8(19,20)6(15,16)5(13,14)7(17,18)9(21,22)11(25,26)27/h4H2,1-3H3. The number of rotatable bonds is 11. The average molecular weight is 606 g/mol. The van der Waals surface area contributed by atoms with Gasteiger partial charge in [-0.25, -0.2) is 0 Å². The van der Waals surface area contributed by atoms with Gasteiger partial charge in [0, 0.05) is 12.5 Å². The summed E-state index contributed by atoms with van der Waals surface area (Å²) >= 11 is 0. The maximum atomic E-state index is 13.8. The Morgan fingerprint density at radius 2 is 0.829 bits per heavy atom. The molecule has 0 rings (SSSR count). The van der Waals surface area contributed by atoms with Crippen molar-refractivity contribution in [3.63, 3.8) is 0 Å². The molecule has 23 heteroatoms. The maximum absolute atomic E-state index is 13.8. The molecule has 0 aromatic carbocycles. The Kier molecular flexibility index (Phi) is 8.56. The van der Waals surface area contributed by atoms with E-state index in [2.05, 4.69) is 7.81 Å². The second-order valence-electron chi connectivity index (χ2n) is 6.53. The lowest BCUT2D eigenvalue weighted by Gasteiger charge is -2.43. The average Bonchev–Trinajstić information content (AvgIpc) is 2.58. The zero-order chi connectivity index (χ0) is 29.1. The Labute approximate surface area is 185 Å². The van der Waals surface area contributed by atoms with E-state index in [0.29, 0.717) is 12.5 Å².